The van der Waals surface area contributed by atoms with Gasteiger partial charge in [-0.2, -0.15) is 0 Å². The third kappa shape index (κ3) is 1.74. The van der Waals surface area contributed by atoms with E-state index in [9.17, 15) is 0 Å². The summed E-state index contributed by atoms with van der Waals surface area (Å²) >= 11 is 1.87. The van der Waals surface area contributed by atoms with Crippen molar-refractivity contribution >= 4 is 11.8 Å². The Morgan fingerprint density at radius 3 is 3.14 bits per heavy atom. The van der Waals surface area contributed by atoms with Crippen molar-refractivity contribution < 1.29 is 4.74 Å². The first-order valence-corrected chi connectivity index (χ1v) is 5.82. The van der Waals surface area contributed by atoms with E-state index >= 15 is 0 Å². The number of hydrogen-bond acceptors (Lipinski definition) is 3. The minimum atomic E-state index is 0.625. The highest BCUT2D eigenvalue weighted by atomic mass is 32.2. The molecule has 14 heavy (non-hydrogen) atoms. The smallest absolute Gasteiger partial charge is 0.132 e. The summed E-state index contributed by atoms with van der Waals surface area (Å²) in [6.45, 7) is 0.781. The summed E-state index contributed by atoms with van der Waals surface area (Å²) in [5.41, 5.74) is 7.07. The van der Waals surface area contributed by atoms with E-state index in [1.807, 2.05) is 17.8 Å². The van der Waals surface area contributed by atoms with E-state index in [2.05, 4.69) is 12.1 Å². The monoisotopic (exact) mass is 209 g/mol. The van der Waals surface area contributed by atoms with E-state index in [0.29, 0.717) is 5.92 Å². The summed E-state index contributed by atoms with van der Waals surface area (Å²) in [5.74, 6) is 2.74. The second-order valence-electron chi connectivity index (χ2n) is 3.57. The number of methoxy groups -OCH3 is 1. The van der Waals surface area contributed by atoms with Crippen LogP contribution in [0.15, 0.2) is 23.1 Å². The summed E-state index contributed by atoms with van der Waals surface area (Å²) in [6, 6.07) is 6.25. The first-order chi connectivity index (χ1) is 6.85. The van der Waals surface area contributed by atoms with Crippen LogP contribution in [0.3, 0.4) is 0 Å². The summed E-state index contributed by atoms with van der Waals surface area (Å²) in [5, 5.41) is 0. The SMILES string of the molecule is COc1cccc2c1SCC(CN)C2. The van der Waals surface area contributed by atoms with Gasteiger partial charge in [0.2, 0.25) is 0 Å². The number of fused-ring (bicyclic) bond motifs is 1. The third-order valence-corrected chi connectivity index (χ3v) is 3.98. The zero-order chi connectivity index (χ0) is 9.97. The summed E-state index contributed by atoms with van der Waals surface area (Å²) in [6.07, 6.45) is 1.09. The van der Waals surface area contributed by atoms with Crippen LogP contribution in [0.4, 0.5) is 0 Å². The Morgan fingerprint density at radius 1 is 1.57 bits per heavy atom. The van der Waals surface area contributed by atoms with Crippen LogP contribution < -0.4 is 10.5 Å². The van der Waals surface area contributed by atoms with E-state index in [-0.39, 0.29) is 0 Å². The van der Waals surface area contributed by atoms with Crippen molar-refractivity contribution in [1.29, 1.82) is 0 Å². The van der Waals surface area contributed by atoms with Gasteiger partial charge < -0.3 is 10.5 Å². The minimum Gasteiger partial charge on any atom is -0.496 e. The van der Waals surface area contributed by atoms with E-state index in [4.69, 9.17) is 10.5 Å². The van der Waals surface area contributed by atoms with Gasteiger partial charge in [-0.3, -0.25) is 0 Å². The molecule has 0 spiro atoms. The van der Waals surface area contributed by atoms with Crippen molar-refractivity contribution in [3.63, 3.8) is 0 Å². The first-order valence-electron chi connectivity index (χ1n) is 4.84. The third-order valence-electron chi connectivity index (χ3n) is 2.59. The van der Waals surface area contributed by atoms with Crippen molar-refractivity contribution in [2.45, 2.75) is 11.3 Å². The molecule has 1 atom stereocenters. The van der Waals surface area contributed by atoms with Crippen molar-refractivity contribution in [2.75, 3.05) is 19.4 Å². The Hall–Kier alpha value is -0.670. The number of ether oxygens (including phenoxy) is 1. The highest BCUT2D eigenvalue weighted by Gasteiger charge is 2.20. The van der Waals surface area contributed by atoms with Gasteiger partial charge in [0.25, 0.3) is 0 Å². The van der Waals surface area contributed by atoms with Gasteiger partial charge in [0.05, 0.1) is 12.0 Å². The lowest BCUT2D eigenvalue weighted by Crippen LogP contribution is -2.22. The number of thioether (sulfide) groups is 1. The number of benzene rings is 1. The molecule has 2 rings (SSSR count). The summed E-state index contributed by atoms with van der Waals surface area (Å²) < 4.78 is 5.33. The van der Waals surface area contributed by atoms with Crippen molar-refractivity contribution in [2.24, 2.45) is 11.7 Å². The lowest BCUT2D eigenvalue weighted by atomic mass is 10.0. The Kier molecular flexibility index (Phi) is 2.99. The fourth-order valence-electron chi connectivity index (χ4n) is 1.77. The molecule has 0 aromatic heterocycles. The highest BCUT2D eigenvalue weighted by molar-refractivity contribution is 7.99. The van der Waals surface area contributed by atoms with Gasteiger partial charge in [0.1, 0.15) is 5.75 Å². The zero-order valence-electron chi connectivity index (χ0n) is 8.32. The van der Waals surface area contributed by atoms with Crippen LogP contribution in [0, 0.1) is 5.92 Å². The molecule has 0 fully saturated rings. The van der Waals surface area contributed by atoms with E-state index in [1.54, 1.807) is 7.11 Å². The van der Waals surface area contributed by atoms with Crippen LogP contribution in [-0.4, -0.2) is 19.4 Å². The van der Waals surface area contributed by atoms with Crippen LogP contribution in [0.25, 0.3) is 0 Å². The average Bonchev–Trinajstić information content (AvgIpc) is 2.27. The molecule has 1 aromatic rings. The molecule has 1 aromatic carbocycles. The Labute approximate surface area is 88.8 Å². The van der Waals surface area contributed by atoms with Crippen LogP contribution in [0.5, 0.6) is 5.75 Å². The molecule has 1 unspecified atom stereocenters. The summed E-state index contributed by atoms with van der Waals surface area (Å²) in [7, 11) is 1.73. The highest BCUT2D eigenvalue weighted by Crippen LogP contribution is 2.38. The lowest BCUT2D eigenvalue weighted by molar-refractivity contribution is 0.402. The molecule has 1 heterocycles. The van der Waals surface area contributed by atoms with Crippen LogP contribution >= 0.6 is 11.8 Å². The molecule has 1 aliphatic heterocycles. The Balaban J connectivity index is 2.30. The quantitative estimate of drug-likeness (QED) is 0.808. The van der Waals surface area contributed by atoms with Gasteiger partial charge in [0.15, 0.2) is 0 Å². The van der Waals surface area contributed by atoms with E-state index in [0.717, 1.165) is 24.5 Å². The predicted octanol–water partition coefficient (Wildman–Crippen LogP) is 1.92. The molecule has 0 saturated heterocycles. The molecule has 76 valence electrons. The maximum atomic E-state index is 5.69. The van der Waals surface area contributed by atoms with E-state index < -0.39 is 0 Å². The number of hydrogen-bond donors (Lipinski definition) is 1. The average molecular weight is 209 g/mol. The van der Waals surface area contributed by atoms with Gasteiger partial charge in [-0.15, -0.1) is 11.8 Å². The van der Waals surface area contributed by atoms with Gasteiger partial charge in [-0.05, 0) is 30.5 Å². The van der Waals surface area contributed by atoms with Gasteiger partial charge >= 0.3 is 0 Å². The molecular formula is C11H15NOS. The molecule has 0 saturated carbocycles. The van der Waals surface area contributed by atoms with Gasteiger partial charge in [-0.1, -0.05) is 12.1 Å². The first kappa shape index (κ1) is 9.87. The summed E-state index contributed by atoms with van der Waals surface area (Å²) in [4.78, 5) is 1.31. The predicted molar refractivity (Wildman–Crippen MR) is 60.0 cm³/mol. The maximum Gasteiger partial charge on any atom is 0.132 e. The van der Waals surface area contributed by atoms with Crippen molar-refractivity contribution in [3.05, 3.63) is 23.8 Å². The molecule has 0 radical (unpaired) electrons. The molecule has 2 nitrogen and oxygen atoms in total. The normalized spacial score (nSPS) is 20.3. The molecular weight excluding hydrogens is 194 g/mol. The second-order valence-corrected chi connectivity index (χ2v) is 4.60. The fraction of sp³-hybridized carbons (Fsp3) is 0.455. The van der Waals surface area contributed by atoms with Gasteiger partial charge in [-0.25, -0.2) is 0 Å². The van der Waals surface area contributed by atoms with E-state index in [1.165, 1.54) is 10.5 Å². The van der Waals surface area contributed by atoms with Crippen LogP contribution in [0.1, 0.15) is 5.56 Å². The fourth-order valence-corrected chi connectivity index (χ4v) is 3.06. The Morgan fingerprint density at radius 2 is 2.43 bits per heavy atom. The lowest BCUT2D eigenvalue weighted by Gasteiger charge is -2.24. The molecule has 2 N–H and O–H groups in total. The number of rotatable bonds is 2. The molecule has 0 bridgehead atoms. The standard InChI is InChI=1S/C11H15NOS/c1-13-10-4-2-3-9-5-8(6-12)7-14-11(9)10/h2-4,8H,5-7,12H2,1H3. The van der Waals surface area contributed by atoms with Crippen molar-refractivity contribution in [3.8, 4) is 5.75 Å². The molecule has 0 aliphatic carbocycles. The topological polar surface area (TPSA) is 35.2 Å². The zero-order valence-corrected chi connectivity index (χ0v) is 9.14. The number of nitrogens with two attached hydrogens (primary N) is 1. The van der Waals surface area contributed by atoms with Crippen molar-refractivity contribution in [1.82, 2.24) is 0 Å². The van der Waals surface area contributed by atoms with Gasteiger partial charge in [0, 0.05) is 5.75 Å². The molecule has 3 heteroatoms. The minimum absolute atomic E-state index is 0.625. The Bertz CT molecular complexity index is 327. The molecule has 0 amide bonds. The van der Waals surface area contributed by atoms with Crippen LogP contribution in [0.2, 0.25) is 0 Å². The second kappa shape index (κ2) is 4.24. The molecule has 1 aliphatic rings. The largest absolute Gasteiger partial charge is 0.496 e. The maximum absolute atomic E-state index is 5.69. The van der Waals surface area contributed by atoms with Crippen LogP contribution in [-0.2, 0) is 6.42 Å².